The Kier molecular flexibility index (Phi) is 3.60. The van der Waals surface area contributed by atoms with Gasteiger partial charge < -0.3 is 15.2 Å². The fourth-order valence-electron chi connectivity index (χ4n) is 2.15. The zero-order valence-corrected chi connectivity index (χ0v) is 11.7. The number of ether oxygens (including phenoxy) is 2. The van der Waals surface area contributed by atoms with Crippen molar-refractivity contribution in [1.82, 2.24) is 4.98 Å². The lowest BCUT2D eigenvalue weighted by atomic mass is 10.1. The van der Waals surface area contributed by atoms with Crippen LogP contribution in [0.3, 0.4) is 0 Å². The van der Waals surface area contributed by atoms with Gasteiger partial charge in [-0.3, -0.25) is 4.98 Å². The van der Waals surface area contributed by atoms with Crippen LogP contribution in [0.15, 0.2) is 54.7 Å². The van der Waals surface area contributed by atoms with E-state index >= 15 is 0 Å². The third kappa shape index (κ3) is 2.74. The highest BCUT2D eigenvalue weighted by Crippen LogP contribution is 2.32. The van der Waals surface area contributed by atoms with Gasteiger partial charge in [-0.15, -0.1) is 0 Å². The number of rotatable bonds is 4. The molecule has 3 aromatic rings. The maximum absolute atomic E-state index is 5.94. The molecule has 2 N–H and O–H groups in total. The lowest BCUT2D eigenvalue weighted by Crippen LogP contribution is -1.93. The van der Waals surface area contributed by atoms with E-state index in [0.29, 0.717) is 12.3 Å². The SMILES string of the molecule is CCOc1ccc(Oc2ccc(N)c3ncccc23)cc1. The minimum Gasteiger partial charge on any atom is -0.494 e. The second-order valence-corrected chi connectivity index (χ2v) is 4.56. The molecule has 106 valence electrons. The van der Waals surface area contributed by atoms with Gasteiger partial charge in [-0.25, -0.2) is 0 Å². The minimum absolute atomic E-state index is 0.643. The number of benzene rings is 2. The van der Waals surface area contributed by atoms with Gasteiger partial charge in [-0.05, 0) is 55.5 Å². The van der Waals surface area contributed by atoms with Crippen LogP contribution in [0.2, 0.25) is 0 Å². The average molecular weight is 280 g/mol. The van der Waals surface area contributed by atoms with Crippen molar-refractivity contribution in [2.45, 2.75) is 6.92 Å². The van der Waals surface area contributed by atoms with Crippen molar-refractivity contribution in [3.63, 3.8) is 0 Å². The van der Waals surface area contributed by atoms with Crippen molar-refractivity contribution in [1.29, 1.82) is 0 Å². The van der Waals surface area contributed by atoms with E-state index in [2.05, 4.69) is 4.98 Å². The van der Waals surface area contributed by atoms with Crippen LogP contribution in [0.5, 0.6) is 17.2 Å². The molecule has 0 bridgehead atoms. The van der Waals surface area contributed by atoms with Crippen molar-refractivity contribution < 1.29 is 9.47 Å². The normalized spacial score (nSPS) is 10.5. The highest BCUT2D eigenvalue weighted by molar-refractivity contribution is 5.93. The van der Waals surface area contributed by atoms with Crippen LogP contribution in [0.1, 0.15) is 6.92 Å². The standard InChI is InChI=1S/C17H16N2O2/c1-2-20-12-5-7-13(8-6-12)21-16-10-9-15(18)17-14(16)4-3-11-19-17/h3-11H,2,18H2,1H3. The molecular formula is C17H16N2O2. The van der Waals surface area contributed by atoms with Crippen molar-refractivity contribution in [3.05, 3.63) is 54.7 Å². The third-order valence-corrected chi connectivity index (χ3v) is 3.12. The topological polar surface area (TPSA) is 57.4 Å². The first-order valence-corrected chi connectivity index (χ1v) is 6.82. The molecule has 0 aliphatic heterocycles. The van der Waals surface area contributed by atoms with Crippen LogP contribution in [-0.4, -0.2) is 11.6 Å². The molecule has 4 heteroatoms. The summed E-state index contributed by atoms with van der Waals surface area (Å²) in [4.78, 5) is 4.30. The van der Waals surface area contributed by atoms with Crippen LogP contribution in [0.25, 0.3) is 10.9 Å². The van der Waals surface area contributed by atoms with E-state index < -0.39 is 0 Å². The van der Waals surface area contributed by atoms with E-state index in [1.807, 2.05) is 49.4 Å². The van der Waals surface area contributed by atoms with Crippen LogP contribution < -0.4 is 15.2 Å². The van der Waals surface area contributed by atoms with Crippen molar-refractivity contribution >= 4 is 16.6 Å². The molecular weight excluding hydrogens is 264 g/mol. The Labute approximate surface area is 123 Å². The van der Waals surface area contributed by atoms with Gasteiger partial charge >= 0.3 is 0 Å². The molecule has 0 fully saturated rings. The van der Waals surface area contributed by atoms with E-state index in [0.717, 1.165) is 28.2 Å². The van der Waals surface area contributed by atoms with E-state index in [9.17, 15) is 0 Å². The van der Waals surface area contributed by atoms with E-state index in [1.165, 1.54) is 0 Å². The van der Waals surface area contributed by atoms with Crippen LogP contribution >= 0.6 is 0 Å². The molecule has 2 aromatic carbocycles. The number of pyridine rings is 1. The summed E-state index contributed by atoms with van der Waals surface area (Å²) in [5, 5.41) is 0.895. The molecule has 3 rings (SSSR count). The summed E-state index contributed by atoms with van der Waals surface area (Å²) in [6.07, 6.45) is 1.72. The molecule has 1 heterocycles. The number of anilines is 1. The minimum atomic E-state index is 0.643. The monoisotopic (exact) mass is 280 g/mol. The summed E-state index contributed by atoms with van der Waals surface area (Å²) in [7, 11) is 0. The van der Waals surface area contributed by atoms with Gasteiger partial charge in [0.1, 0.15) is 17.2 Å². The lowest BCUT2D eigenvalue weighted by Gasteiger charge is -2.10. The Balaban J connectivity index is 1.93. The largest absolute Gasteiger partial charge is 0.494 e. The number of nitrogens with zero attached hydrogens (tertiary/aromatic N) is 1. The summed E-state index contributed by atoms with van der Waals surface area (Å²) in [6, 6.07) is 15.0. The van der Waals surface area contributed by atoms with Crippen LogP contribution in [0.4, 0.5) is 5.69 Å². The second-order valence-electron chi connectivity index (χ2n) is 4.56. The molecule has 0 saturated heterocycles. The Morgan fingerprint density at radius 2 is 1.76 bits per heavy atom. The number of nitrogens with two attached hydrogens (primary N) is 1. The molecule has 0 radical (unpaired) electrons. The first kappa shape index (κ1) is 13.2. The van der Waals surface area contributed by atoms with E-state index in [-0.39, 0.29) is 0 Å². The number of nitrogen functional groups attached to an aromatic ring is 1. The van der Waals surface area contributed by atoms with Gasteiger partial charge in [0.2, 0.25) is 0 Å². The number of hydrogen-bond acceptors (Lipinski definition) is 4. The Morgan fingerprint density at radius 1 is 1.00 bits per heavy atom. The molecule has 4 nitrogen and oxygen atoms in total. The van der Waals surface area contributed by atoms with Gasteiger partial charge in [0.25, 0.3) is 0 Å². The summed E-state index contributed by atoms with van der Waals surface area (Å²) in [5.41, 5.74) is 7.33. The number of aromatic nitrogens is 1. The Morgan fingerprint density at radius 3 is 2.52 bits per heavy atom. The number of fused-ring (bicyclic) bond motifs is 1. The fourth-order valence-corrected chi connectivity index (χ4v) is 2.15. The Bertz CT molecular complexity index is 754. The van der Waals surface area contributed by atoms with Crippen molar-refractivity contribution in [2.75, 3.05) is 12.3 Å². The molecule has 0 aliphatic carbocycles. The maximum Gasteiger partial charge on any atom is 0.136 e. The zero-order chi connectivity index (χ0) is 14.7. The fraction of sp³-hybridized carbons (Fsp3) is 0.118. The van der Waals surface area contributed by atoms with E-state index in [1.54, 1.807) is 12.3 Å². The number of hydrogen-bond donors (Lipinski definition) is 1. The highest BCUT2D eigenvalue weighted by Gasteiger charge is 2.07. The second kappa shape index (κ2) is 5.71. The van der Waals surface area contributed by atoms with Crippen LogP contribution in [-0.2, 0) is 0 Å². The summed E-state index contributed by atoms with van der Waals surface area (Å²) in [5.74, 6) is 2.30. The summed E-state index contributed by atoms with van der Waals surface area (Å²) in [6.45, 7) is 2.60. The molecule has 0 spiro atoms. The smallest absolute Gasteiger partial charge is 0.136 e. The lowest BCUT2D eigenvalue weighted by molar-refractivity contribution is 0.339. The predicted molar refractivity (Wildman–Crippen MR) is 83.8 cm³/mol. The van der Waals surface area contributed by atoms with Gasteiger partial charge in [0.15, 0.2) is 0 Å². The van der Waals surface area contributed by atoms with Gasteiger partial charge in [-0.2, -0.15) is 0 Å². The van der Waals surface area contributed by atoms with Crippen molar-refractivity contribution in [3.8, 4) is 17.2 Å². The third-order valence-electron chi connectivity index (χ3n) is 3.12. The first-order valence-electron chi connectivity index (χ1n) is 6.82. The molecule has 21 heavy (non-hydrogen) atoms. The van der Waals surface area contributed by atoms with Crippen LogP contribution in [0, 0.1) is 0 Å². The first-order chi connectivity index (χ1) is 10.3. The summed E-state index contributed by atoms with van der Waals surface area (Å²) >= 11 is 0. The molecule has 0 amide bonds. The predicted octanol–water partition coefficient (Wildman–Crippen LogP) is 4.01. The molecule has 0 aliphatic rings. The maximum atomic E-state index is 5.94. The van der Waals surface area contributed by atoms with Gasteiger partial charge in [0, 0.05) is 11.6 Å². The van der Waals surface area contributed by atoms with E-state index in [4.69, 9.17) is 15.2 Å². The summed E-state index contributed by atoms with van der Waals surface area (Å²) < 4.78 is 11.3. The highest BCUT2D eigenvalue weighted by atomic mass is 16.5. The van der Waals surface area contributed by atoms with Gasteiger partial charge in [0.05, 0.1) is 17.8 Å². The quantitative estimate of drug-likeness (QED) is 0.734. The van der Waals surface area contributed by atoms with Gasteiger partial charge in [-0.1, -0.05) is 0 Å². The molecule has 1 aromatic heterocycles. The zero-order valence-electron chi connectivity index (χ0n) is 11.7. The molecule has 0 unspecified atom stereocenters. The van der Waals surface area contributed by atoms with Crippen molar-refractivity contribution in [2.24, 2.45) is 0 Å². The average Bonchev–Trinajstić information content (AvgIpc) is 2.52. The Hall–Kier alpha value is -2.75. The molecule has 0 saturated carbocycles. The molecule has 0 atom stereocenters.